The summed E-state index contributed by atoms with van der Waals surface area (Å²) in [6.45, 7) is 1.83. The van der Waals surface area contributed by atoms with E-state index in [1.807, 2.05) is 12.2 Å². The Bertz CT molecular complexity index is 1030. The molecule has 0 aliphatic carbocycles. The number of rotatable bonds is 11. The van der Waals surface area contributed by atoms with Crippen molar-refractivity contribution in [3.63, 3.8) is 0 Å². The lowest BCUT2D eigenvalue weighted by Crippen LogP contribution is -2.41. The molecule has 1 aromatic carbocycles. The van der Waals surface area contributed by atoms with E-state index in [0.29, 0.717) is 17.9 Å². The van der Waals surface area contributed by atoms with Crippen LogP contribution in [-0.4, -0.2) is 39.5 Å². The van der Waals surface area contributed by atoms with Gasteiger partial charge in [-0.15, -0.1) is 0 Å². The topological polar surface area (TPSA) is 144 Å². The minimum absolute atomic E-state index is 0.0246. The third-order valence-electron chi connectivity index (χ3n) is 4.03. The van der Waals surface area contributed by atoms with Crippen LogP contribution in [0.1, 0.15) is 31.1 Å². The van der Waals surface area contributed by atoms with Gasteiger partial charge in [0.05, 0.1) is 17.7 Å². The Labute approximate surface area is 186 Å². The standard InChI is InChI=1S/C21H25N3O7S/c1-2-3-12-22-21(27)24-19(25)15-31-20(26)11-8-16-6-9-18(10-7-16)32(28,29)23-14-17-5-4-13-30-17/h4-11,13,23H,2-3,12,14-15H2,1H3,(H2,22,24,25,27)/b11-8+. The first-order valence-electron chi connectivity index (χ1n) is 9.85. The summed E-state index contributed by atoms with van der Waals surface area (Å²) in [4.78, 5) is 34.8. The van der Waals surface area contributed by atoms with Gasteiger partial charge in [0.1, 0.15) is 5.76 Å². The van der Waals surface area contributed by atoms with Gasteiger partial charge in [-0.05, 0) is 42.3 Å². The molecular formula is C21H25N3O7S. The zero-order chi connectivity index (χ0) is 23.4. The summed E-state index contributed by atoms with van der Waals surface area (Å²) >= 11 is 0. The molecule has 11 heteroatoms. The molecule has 32 heavy (non-hydrogen) atoms. The summed E-state index contributed by atoms with van der Waals surface area (Å²) in [5.41, 5.74) is 0.548. The highest BCUT2D eigenvalue weighted by Crippen LogP contribution is 2.12. The van der Waals surface area contributed by atoms with Gasteiger partial charge < -0.3 is 14.5 Å². The first-order valence-corrected chi connectivity index (χ1v) is 11.3. The maximum Gasteiger partial charge on any atom is 0.331 e. The van der Waals surface area contributed by atoms with Crippen molar-refractivity contribution in [2.24, 2.45) is 0 Å². The van der Waals surface area contributed by atoms with Crippen molar-refractivity contribution in [2.45, 2.75) is 31.2 Å². The van der Waals surface area contributed by atoms with Gasteiger partial charge in [0.15, 0.2) is 6.61 Å². The largest absolute Gasteiger partial charge is 0.468 e. The van der Waals surface area contributed by atoms with Gasteiger partial charge in [0.25, 0.3) is 5.91 Å². The number of carbonyl (C=O) groups excluding carboxylic acids is 3. The van der Waals surface area contributed by atoms with E-state index < -0.39 is 34.5 Å². The number of carbonyl (C=O) groups is 3. The summed E-state index contributed by atoms with van der Waals surface area (Å²) in [7, 11) is -3.72. The molecule has 2 aromatic rings. The Morgan fingerprint density at radius 3 is 2.53 bits per heavy atom. The monoisotopic (exact) mass is 463 g/mol. The molecule has 0 fully saturated rings. The maximum absolute atomic E-state index is 12.3. The molecule has 1 heterocycles. The van der Waals surface area contributed by atoms with Gasteiger partial charge in [0.2, 0.25) is 10.0 Å². The first kappa shape index (κ1) is 24.8. The molecule has 0 spiro atoms. The van der Waals surface area contributed by atoms with Crippen LogP contribution in [0.4, 0.5) is 4.79 Å². The van der Waals surface area contributed by atoms with Crippen molar-refractivity contribution in [2.75, 3.05) is 13.2 Å². The second kappa shape index (κ2) is 12.4. The first-order chi connectivity index (χ1) is 15.3. The smallest absolute Gasteiger partial charge is 0.331 e. The van der Waals surface area contributed by atoms with Gasteiger partial charge in [-0.1, -0.05) is 25.5 Å². The van der Waals surface area contributed by atoms with Crippen LogP contribution < -0.4 is 15.4 Å². The number of imide groups is 1. The molecule has 0 saturated carbocycles. The van der Waals surface area contributed by atoms with Gasteiger partial charge in [-0.2, -0.15) is 0 Å². The molecule has 3 amide bonds. The van der Waals surface area contributed by atoms with Crippen LogP contribution in [0.2, 0.25) is 0 Å². The number of amides is 3. The highest BCUT2D eigenvalue weighted by Gasteiger charge is 2.14. The van der Waals surface area contributed by atoms with Crippen LogP contribution in [-0.2, 0) is 30.9 Å². The molecule has 172 valence electrons. The molecular weight excluding hydrogens is 438 g/mol. The highest BCUT2D eigenvalue weighted by molar-refractivity contribution is 7.89. The predicted molar refractivity (Wildman–Crippen MR) is 116 cm³/mol. The molecule has 0 atom stereocenters. The van der Waals surface area contributed by atoms with E-state index in [1.54, 1.807) is 12.1 Å². The van der Waals surface area contributed by atoms with Crippen LogP contribution >= 0.6 is 0 Å². The minimum Gasteiger partial charge on any atom is -0.468 e. The van der Waals surface area contributed by atoms with Crippen molar-refractivity contribution in [1.82, 2.24) is 15.4 Å². The second-order valence-electron chi connectivity index (χ2n) is 6.57. The molecule has 0 bridgehead atoms. The molecule has 0 aliphatic heterocycles. The summed E-state index contributed by atoms with van der Waals surface area (Å²) in [6, 6.07) is 8.47. The summed E-state index contributed by atoms with van der Waals surface area (Å²) < 4.78 is 36.9. The van der Waals surface area contributed by atoms with Crippen molar-refractivity contribution in [3.8, 4) is 0 Å². The van der Waals surface area contributed by atoms with Crippen molar-refractivity contribution < 1.29 is 32.0 Å². The number of furan rings is 1. The molecule has 2 rings (SSSR count). The zero-order valence-corrected chi connectivity index (χ0v) is 18.3. The predicted octanol–water partition coefficient (Wildman–Crippen LogP) is 1.94. The summed E-state index contributed by atoms with van der Waals surface area (Å²) in [6.07, 6.45) is 5.64. The van der Waals surface area contributed by atoms with Crippen molar-refractivity contribution in [3.05, 3.63) is 60.1 Å². The van der Waals surface area contributed by atoms with E-state index in [-0.39, 0.29) is 11.4 Å². The molecule has 0 unspecified atom stereocenters. The van der Waals surface area contributed by atoms with E-state index in [4.69, 9.17) is 9.15 Å². The Morgan fingerprint density at radius 2 is 1.88 bits per heavy atom. The van der Waals surface area contributed by atoms with Crippen LogP contribution in [0.5, 0.6) is 0 Å². The van der Waals surface area contributed by atoms with E-state index in [0.717, 1.165) is 18.9 Å². The lowest BCUT2D eigenvalue weighted by Gasteiger charge is -2.06. The van der Waals surface area contributed by atoms with Gasteiger partial charge in [-0.3, -0.25) is 10.1 Å². The third-order valence-corrected chi connectivity index (χ3v) is 5.45. The quantitative estimate of drug-likeness (QED) is 0.262. The number of urea groups is 1. The number of hydrogen-bond donors (Lipinski definition) is 3. The van der Waals surface area contributed by atoms with E-state index in [9.17, 15) is 22.8 Å². The fraction of sp³-hybridized carbons (Fsp3) is 0.286. The number of nitrogens with one attached hydrogen (secondary N) is 3. The number of benzene rings is 1. The minimum atomic E-state index is -3.72. The van der Waals surface area contributed by atoms with E-state index >= 15 is 0 Å². The van der Waals surface area contributed by atoms with Crippen LogP contribution in [0, 0.1) is 0 Å². The molecule has 1 aromatic heterocycles. The average Bonchev–Trinajstić information content (AvgIpc) is 3.29. The van der Waals surface area contributed by atoms with Gasteiger partial charge >= 0.3 is 12.0 Å². The molecule has 3 N–H and O–H groups in total. The fourth-order valence-electron chi connectivity index (χ4n) is 2.36. The highest BCUT2D eigenvalue weighted by atomic mass is 32.2. The SMILES string of the molecule is CCCCNC(=O)NC(=O)COC(=O)/C=C/c1ccc(S(=O)(=O)NCc2ccco2)cc1. The van der Waals surface area contributed by atoms with Crippen LogP contribution in [0.25, 0.3) is 6.08 Å². The summed E-state index contributed by atoms with van der Waals surface area (Å²) in [5.74, 6) is -1.06. The van der Waals surface area contributed by atoms with Gasteiger partial charge in [0, 0.05) is 12.6 Å². The lowest BCUT2D eigenvalue weighted by molar-refractivity contribution is -0.143. The normalized spacial score (nSPS) is 11.3. The number of ether oxygens (including phenoxy) is 1. The number of esters is 1. The summed E-state index contributed by atoms with van der Waals surface area (Å²) in [5, 5.41) is 4.55. The number of hydrogen-bond acceptors (Lipinski definition) is 7. The molecule has 0 saturated heterocycles. The maximum atomic E-state index is 12.3. The zero-order valence-electron chi connectivity index (χ0n) is 17.5. The molecule has 0 radical (unpaired) electrons. The van der Waals surface area contributed by atoms with Crippen LogP contribution in [0.3, 0.4) is 0 Å². The number of sulfonamides is 1. The van der Waals surface area contributed by atoms with Crippen molar-refractivity contribution in [1.29, 1.82) is 0 Å². The molecule has 0 aliphatic rings. The third kappa shape index (κ3) is 8.74. The molecule has 10 nitrogen and oxygen atoms in total. The van der Waals surface area contributed by atoms with Gasteiger partial charge in [-0.25, -0.2) is 22.7 Å². The second-order valence-corrected chi connectivity index (χ2v) is 8.34. The van der Waals surface area contributed by atoms with E-state index in [1.165, 1.54) is 36.6 Å². The Kier molecular flexibility index (Phi) is 9.64. The van der Waals surface area contributed by atoms with E-state index in [2.05, 4.69) is 10.0 Å². The Hall–Kier alpha value is -3.44. The van der Waals surface area contributed by atoms with Crippen LogP contribution in [0.15, 0.2) is 58.1 Å². The lowest BCUT2D eigenvalue weighted by atomic mass is 10.2. The van der Waals surface area contributed by atoms with Crippen molar-refractivity contribution >= 4 is 34.0 Å². The number of unbranched alkanes of at least 4 members (excludes halogenated alkanes) is 1. The average molecular weight is 464 g/mol. The Balaban J connectivity index is 1.78. The Morgan fingerprint density at radius 1 is 1.12 bits per heavy atom. The fourth-order valence-corrected chi connectivity index (χ4v) is 3.35.